The summed E-state index contributed by atoms with van der Waals surface area (Å²) in [6.45, 7) is 0. The number of nitrogens with zero attached hydrogens (tertiary/aromatic N) is 1. The van der Waals surface area contributed by atoms with Crippen LogP contribution in [0, 0.1) is 0 Å². The van der Waals surface area contributed by atoms with Gasteiger partial charge in [0.1, 0.15) is 0 Å². The van der Waals surface area contributed by atoms with Crippen molar-refractivity contribution >= 4 is 5.96 Å². The Balaban J connectivity index is 2.28. The number of rotatable bonds is 1. The molecule has 1 aliphatic carbocycles. The molecule has 5 N–H and O–H groups in total. The standard InChI is InChI=1S/C7H16N4/c1-10-7(9)11-6-3-2-5(8)4-6/h5-6H,2-4,8H2,1H3,(H3,9,10,11)/t5-,6-/m0/s1. The van der Waals surface area contributed by atoms with Gasteiger partial charge in [0.05, 0.1) is 0 Å². The van der Waals surface area contributed by atoms with E-state index in [1.54, 1.807) is 7.05 Å². The van der Waals surface area contributed by atoms with Crippen molar-refractivity contribution in [1.82, 2.24) is 5.32 Å². The van der Waals surface area contributed by atoms with Gasteiger partial charge in [-0.05, 0) is 19.3 Å². The molecule has 0 aromatic heterocycles. The predicted octanol–water partition coefficient (Wildman–Crippen LogP) is -0.600. The van der Waals surface area contributed by atoms with Crippen LogP contribution in [0.1, 0.15) is 19.3 Å². The zero-order valence-electron chi connectivity index (χ0n) is 6.88. The summed E-state index contributed by atoms with van der Waals surface area (Å²) >= 11 is 0. The molecule has 11 heavy (non-hydrogen) atoms. The number of guanidine groups is 1. The minimum Gasteiger partial charge on any atom is -0.370 e. The molecule has 1 aliphatic rings. The highest BCUT2D eigenvalue weighted by molar-refractivity contribution is 5.77. The number of hydrogen-bond acceptors (Lipinski definition) is 2. The second-order valence-electron chi connectivity index (χ2n) is 3.02. The molecule has 4 heteroatoms. The minimum atomic E-state index is 0.345. The van der Waals surface area contributed by atoms with Crippen LogP contribution in [-0.4, -0.2) is 25.1 Å². The summed E-state index contributed by atoms with van der Waals surface area (Å²) in [4.78, 5) is 3.82. The van der Waals surface area contributed by atoms with Crippen molar-refractivity contribution in [1.29, 1.82) is 0 Å². The van der Waals surface area contributed by atoms with Crippen LogP contribution in [0.4, 0.5) is 0 Å². The number of hydrogen-bond donors (Lipinski definition) is 3. The highest BCUT2D eigenvalue weighted by atomic mass is 15.1. The fraction of sp³-hybridized carbons (Fsp3) is 0.857. The van der Waals surface area contributed by atoms with Gasteiger partial charge in [-0.25, -0.2) is 0 Å². The van der Waals surface area contributed by atoms with Crippen LogP contribution in [0.15, 0.2) is 4.99 Å². The Morgan fingerprint density at radius 1 is 1.55 bits per heavy atom. The van der Waals surface area contributed by atoms with Crippen molar-refractivity contribution in [2.45, 2.75) is 31.3 Å². The van der Waals surface area contributed by atoms with E-state index in [1.165, 1.54) is 0 Å². The molecule has 1 saturated carbocycles. The van der Waals surface area contributed by atoms with Gasteiger partial charge in [-0.3, -0.25) is 4.99 Å². The predicted molar refractivity (Wildman–Crippen MR) is 46.3 cm³/mol. The third-order valence-corrected chi connectivity index (χ3v) is 2.07. The molecule has 0 aromatic rings. The van der Waals surface area contributed by atoms with Crippen molar-refractivity contribution in [2.75, 3.05) is 7.05 Å². The van der Waals surface area contributed by atoms with E-state index >= 15 is 0 Å². The lowest BCUT2D eigenvalue weighted by atomic mass is 10.2. The first-order valence-corrected chi connectivity index (χ1v) is 3.96. The summed E-state index contributed by atoms with van der Waals surface area (Å²) in [5, 5.41) is 3.11. The number of nitrogens with one attached hydrogen (secondary N) is 1. The first-order valence-electron chi connectivity index (χ1n) is 3.96. The fourth-order valence-corrected chi connectivity index (χ4v) is 1.42. The van der Waals surface area contributed by atoms with E-state index in [1.807, 2.05) is 0 Å². The first kappa shape index (κ1) is 8.33. The maximum absolute atomic E-state index is 5.72. The lowest BCUT2D eigenvalue weighted by Crippen LogP contribution is -2.39. The van der Waals surface area contributed by atoms with E-state index in [-0.39, 0.29) is 0 Å². The fourth-order valence-electron chi connectivity index (χ4n) is 1.42. The normalized spacial score (nSPS) is 32.4. The summed E-state index contributed by atoms with van der Waals surface area (Å²) in [5.41, 5.74) is 11.2. The average molecular weight is 156 g/mol. The van der Waals surface area contributed by atoms with Crippen LogP contribution in [0.5, 0.6) is 0 Å². The summed E-state index contributed by atoms with van der Waals surface area (Å²) in [6.07, 6.45) is 3.21. The van der Waals surface area contributed by atoms with Crippen LogP contribution in [-0.2, 0) is 0 Å². The van der Waals surface area contributed by atoms with E-state index in [0.717, 1.165) is 19.3 Å². The molecule has 1 fully saturated rings. The Bertz CT molecular complexity index is 155. The van der Waals surface area contributed by atoms with E-state index in [2.05, 4.69) is 10.3 Å². The Morgan fingerprint density at radius 2 is 2.27 bits per heavy atom. The second kappa shape index (κ2) is 3.57. The molecule has 64 valence electrons. The lowest BCUT2D eigenvalue weighted by Gasteiger charge is -2.11. The highest BCUT2D eigenvalue weighted by Crippen LogP contribution is 2.16. The summed E-state index contributed by atoms with van der Waals surface area (Å²) in [6, 6.07) is 0.783. The maximum atomic E-state index is 5.72. The summed E-state index contributed by atoms with van der Waals surface area (Å²) < 4.78 is 0. The van der Waals surface area contributed by atoms with E-state index < -0.39 is 0 Å². The topological polar surface area (TPSA) is 76.4 Å². The monoisotopic (exact) mass is 156 g/mol. The van der Waals surface area contributed by atoms with E-state index in [4.69, 9.17) is 11.5 Å². The minimum absolute atomic E-state index is 0.345. The van der Waals surface area contributed by atoms with Gasteiger partial charge >= 0.3 is 0 Å². The smallest absolute Gasteiger partial charge is 0.188 e. The third kappa shape index (κ3) is 2.38. The molecule has 0 aliphatic heterocycles. The number of nitrogens with two attached hydrogens (primary N) is 2. The van der Waals surface area contributed by atoms with Crippen LogP contribution in [0.2, 0.25) is 0 Å². The SMILES string of the molecule is CN=C(N)N[C@H]1CC[C@H](N)C1. The first-order chi connectivity index (χ1) is 5.22. The van der Waals surface area contributed by atoms with Gasteiger partial charge < -0.3 is 16.8 Å². The zero-order valence-corrected chi connectivity index (χ0v) is 6.88. The molecule has 0 heterocycles. The van der Waals surface area contributed by atoms with Gasteiger partial charge in [0.25, 0.3) is 0 Å². The van der Waals surface area contributed by atoms with Crippen molar-refractivity contribution in [3.8, 4) is 0 Å². The Hall–Kier alpha value is -0.770. The van der Waals surface area contributed by atoms with Gasteiger partial charge in [-0.15, -0.1) is 0 Å². The van der Waals surface area contributed by atoms with Gasteiger partial charge in [-0.2, -0.15) is 0 Å². The number of aliphatic imine (C=N–C) groups is 1. The Morgan fingerprint density at radius 3 is 2.73 bits per heavy atom. The van der Waals surface area contributed by atoms with E-state index in [9.17, 15) is 0 Å². The van der Waals surface area contributed by atoms with E-state index in [0.29, 0.717) is 18.0 Å². The Labute approximate surface area is 67.0 Å². The van der Waals surface area contributed by atoms with Crippen LogP contribution < -0.4 is 16.8 Å². The molecule has 0 spiro atoms. The molecule has 1 rings (SSSR count). The van der Waals surface area contributed by atoms with Gasteiger partial charge in [-0.1, -0.05) is 0 Å². The molecule has 0 amide bonds. The Kier molecular flexibility index (Phi) is 2.70. The molecular formula is C7H16N4. The van der Waals surface area contributed by atoms with Gasteiger partial charge in [0, 0.05) is 19.1 Å². The molecule has 0 unspecified atom stereocenters. The highest BCUT2D eigenvalue weighted by Gasteiger charge is 2.21. The molecule has 0 bridgehead atoms. The van der Waals surface area contributed by atoms with Gasteiger partial charge in [0.2, 0.25) is 0 Å². The molecular weight excluding hydrogens is 140 g/mol. The molecule has 0 radical (unpaired) electrons. The van der Waals surface area contributed by atoms with Crippen molar-refractivity contribution in [3.05, 3.63) is 0 Å². The molecule has 0 saturated heterocycles. The summed E-state index contributed by atoms with van der Waals surface area (Å²) in [5.74, 6) is 0.518. The van der Waals surface area contributed by atoms with Gasteiger partial charge in [0.15, 0.2) is 5.96 Å². The second-order valence-corrected chi connectivity index (χ2v) is 3.02. The summed E-state index contributed by atoms with van der Waals surface area (Å²) in [7, 11) is 1.68. The van der Waals surface area contributed by atoms with Crippen LogP contribution in [0.25, 0.3) is 0 Å². The van der Waals surface area contributed by atoms with Crippen molar-refractivity contribution in [2.24, 2.45) is 16.5 Å². The lowest BCUT2D eigenvalue weighted by molar-refractivity contribution is 0.610. The zero-order chi connectivity index (χ0) is 8.27. The molecule has 4 nitrogen and oxygen atoms in total. The third-order valence-electron chi connectivity index (χ3n) is 2.07. The van der Waals surface area contributed by atoms with Crippen molar-refractivity contribution in [3.63, 3.8) is 0 Å². The average Bonchev–Trinajstić information content (AvgIpc) is 2.35. The van der Waals surface area contributed by atoms with Crippen LogP contribution in [0.3, 0.4) is 0 Å². The largest absolute Gasteiger partial charge is 0.370 e. The van der Waals surface area contributed by atoms with Crippen molar-refractivity contribution < 1.29 is 0 Å². The maximum Gasteiger partial charge on any atom is 0.188 e. The van der Waals surface area contributed by atoms with Crippen LogP contribution >= 0.6 is 0 Å². The molecule has 2 atom stereocenters. The quantitative estimate of drug-likeness (QED) is 0.350. The molecule has 0 aromatic carbocycles.